The van der Waals surface area contributed by atoms with Crippen LogP contribution in [0.25, 0.3) is 61.0 Å². The van der Waals surface area contributed by atoms with Gasteiger partial charge >= 0.3 is 13.1 Å². The smallest absolute Gasteiger partial charge is 0.478 e. The first-order chi connectivity index (χ1) is 62.0. The van der Waals surface area contributed by atoms with Crippen molar-refractivity contribution in [1.82, 2.24) is 74.2 Å². The van der Waals surface area contributed by atoms with Crippen molar-refractivity contribution in [3.8, 4) is 28.3 Å². The van der Waals surface area contributed by atoms with Gasteiger partial charge in [-0.3, -0.25) is 53.7 Å². The van der Waals surface area contributed by atoms with Gasteiger partial charge in [-0.15, -0.1) is 0 Å². The molecule has 0 atom stereocenters. The van der Waals surface area contributed by atoms with Crippen molar-refractivity contribution < 1.29 is 33.6 Å². The molecule has 0 saturated carbocycles. The number of anilines is 6. The zero-order valence-corrected chi connectivity index (χ0v) is 79.3. The maximum atomic E-state index is 13.5. The number of halogens is 5. The van der Waals surface area contributed by atoms with E-state index in [-0.39, 0.29) is 104 Å². The minimum Gasteiger partial charge on any atom is -0.478 e. The van der Waals surface area contributed by atoms with Crippen LogP contribution in [0.3, 0.4) is 0 Å². The molecule has 16 N–H and O–H groups in total. The van der Waals surface area contributed by atoms with Crippen LogP contribution in [0.15, 0.2) is 258 Å². The summed E-state index contributed by atoms with van der Waals surface area (Å²) in [5.74, 6) is -0.423. The van der Waals surface area contributed by atoms with Gasteiger partial charge in [0.1, 0.15) is 0 Å². The van der Waals surface area contributed by atoms with Crippen LogP contribution in [0.2, 0.25) is 5.28 Å². The third-order valence-electron chi connectivity index (χ3n) is 19.7. The van der Waals surface area contributed by atoms with E-state index in [1.54, 1.807) is 174 Å². The van der Waals surface area contributed by atoms with E-state index in [0.717, 1.165) is 50.0 Å². The van der Waals surface area contributed by atoms with Crippen LogP contribution in [-0.2, 0) is 22.2 Å². The molecule has 18 rings (SSSR count). The van der Waals surface area contributed by atoms with Gasteiger partial charge in [0.05, 0.1) is 131 Å². The van der Waals surface area contributed by atoms with E-state index in [1.165, 1.54) is 10.6 Å². The van der Waals surface area contributed by atoms with Crippen molar-refractivity contribution in [2.45, 2.75) is 141 Å². The zero-order valence-electron chi connectivity index (χ0n) is 72.2. The molecule has 0 bridgehead atoms. The summed E-state index contributed by atoms with van der Waals surface area (Å²) in [6.07, 6.45) is 17.9. The van der Waals surface area contributed by atoms with Crippen molar-refractivity contribution in [2.75, 3.05) is 46.2 Å². The Kier molecular flexibility index (Phi) is 39.5. The predicted molar refractivity (Wildman–Crippen MR) is 553 cm³/mol. The number of pyridine rings is 5. The molecule has 3 amide bonds. The van der Waals surface area contributed by atoms with Crippen LogP contribution >= 0.6 is 75.3 Å². The lowest BCUT2D eigenvalue weighted by molar-refractivity contribution is 0.00578. The number of carbonyl (C=O) groups is 4. The Morgan fingerprint density at radius 1 is 0.485 bits per heavy atom. The number of nitrogen functional groups attached to an aromatic ring is 3. The summed E-state index contributed by atoms with van der Waals surface area (Å²) in [6.45, 7) is 21.2. The summed E-state index contributed by atoms with van der Waals surface area (Å²) >= 11 is 19.4. The van der Waals surface area contributed by atoms with Gasteiger partial charge in [0.2, 0.25) is 17.2 Å². The highest BCUT2D eigenvalue weighted by Gasteiger charge is 2.52. The van der Waals surface area contributed by atoms with E-state index >= 15 is 0 Å². The van der Waals surface area contributed by atoms with Crippen LogP contribution < -0.4 is 71.8 Å². The highest BCUT2D eigenvalue weighted by atomic mass is 79.9. The molecule has 0 spiro atoms. The fourth-order valence-electron chi connectivity index (χ4n) is 12.9. The minimum absolute atomic E-state index is 0. The Morgan fingerprint density at radius 2 is 0.881 bits per heavy atom. The van der Waals surface area contributed by atoms with Crippen molar-refractivity contribution in [2.24, 2.45) is 5.73 Å². The fourth-order valence-corrected chi connectivity index (χ4v) is 14.8. The number of fused-ring (bicyclic) bond motifs is 5. The normalized spacial score (nSPS) is 12.6. The van der Waals surface area contributed by atoms with Gasteiger partial charge in [-0.25, -0.2) is 33.4 Å². The molecule has 1 saturated heterocycles. The first-order valence-electron chi connectivity index (χ1n) is 40.7. The highest BCUT2D eigenvalue weighted by Crippen LogP contribution is 2.38. The van der Waals surface area contributed by atoms with Crippen LogP contribution in [0.5, 0.6) is 0 Å². The van der Waals surface area contributed by atoms with E-state index < -0.39 is 13.1 Å². The molecule has 5 aromatic carbocycles. The molecular formula is C96H110BBr4ClN22O10. The summed E-state index contributed by atoms with van der Waals surface area (Å²) < 4.78 is 19.2. The van der Waals surface area contributed by atoms with Crippen LogP contribution in [-0.4, -0.2) is 142 Å². The summed E-state index contributed by atoms with van der Waals surface area (Å²) in [6, 6.07) is 48.4. The molecule has 0 radical (unpaired) electrons. The van der Waals surface area contributed by atoms with Crippen molar-refractivity contribution in [3.63, 3.8) is 0 Å². The lowest BCUT2D eigenvalue weighted by Crippen LogP contribution is -2.41. The average Bonchev–Trinajstić information content (AvgIpc) is 1.53. The number of benzene rings is 5. The van der Waals surface area contributed by atoms with E-state index in [0.29, 0.717) is 123 Å². The number of para-hydroxylation sites is 5. The molecule has 702 valence electrons. The summed E-state index contributed by atoms with van der Waals surface area (Å²) in [5, 5.41) is 25.2. The second-order valence-electron chi connectivity index (χ2n) is 31.1. The lowest BCUT2D eigenvalue weighted by Gasteiger charge is -2.32. The molecule has 3 aliphatic heterocycles. The predicted octanol–water partition coefficient (Wildman–Crippen LogP) is 18.0. The molecule has 0 aliphatic carbocycles. The minimum atomic E-state index is -1.01. The molecule has 13 heterocycles. The van der Waals surface area contributed by atoms with E-state index in [4.69, 9.17) is 53.9 Å². The second kappa shape index (κ2) is 49.0. The number of aromatic carboxylic acids is 1. The Labute approximate surface area is 815 Å². The van der Waals surface area contributed by atoms with Crippen molar-refractivity contribution in [3.05, 3.63) is 314 Å². The van der Waals surface area contributed by atoms with Gasteiger partial charge in [0.25, 0.3) is 34.4 Å². The van der Waals surface area contributed by atoms with Gasteiger partial charge in [0.15, 0.2) is 0 Å². The number of aromatic nitrogens is 13. The second-order valence-corrected chi connectivity index (χ2v) is 34.9. The fraction of sp³-hybridized carbons (Fsp3) is 0.240. The highest BCUT2D eigenvalue weighted by molar-refractivity contribution is 9.11. The maximum absolute atomic E-state index is 13.5. The van der Waals surface area contributed by atoms with Crippen LogP contribution in [0.1, 0.15) is 152 Å². The number of amides is 3. The number of hydrogen-bond donors (Lipinski definition) is 12. The molecule has 0 unspecified atom stereocenters. The quantitative estimate of drug-likeness (QED) is 0.0307. The molecule has 32 nitrogen and oxygen atoms in total. The number of carbonyl (C=O) groups excluding carboxylic acids is 3. The number of carboxylic acid groups (broad SMARTS) is 1. The Balaban J connectivity index is 0.000000217. The molecule has 10 aromatic heterocycles. The first-order valence-corrected chi connectivity index (χ1v) is 44.3. The van der Waals surface area contributed by atoms with Gasteiger partial charge in [-0.1, -0.05) is 80.0 Å². The molecule has 38 heteroatoms. The molecular weight excluding hydrogens is 1990 g/mol. The SMILES string of the molecule is C.C.C.C.CC(C)N.CC(C)Nc1nc2c(-c3cc4c([nH]3)CCNC4=O)cccc2c(=O)n1-c1cccnc1.CC(C)Nc1nc2c(Br)cccc2c(=O)n1-c1cccnc1.CC1(C)OB(c2cc3c([nH]2)CCNC3=O)OC1(C)C.Nc1c(Br)cccc1C(=O)Nc1cccnc1.Nc1c(Br)cccc1C(=O)O.Nc1cccnc1.O=c1c2cccc(Br)c2nc(Cl)n1-c1cccnc1. The number of carboxylic acids is 1. The van der Waals surface area contributed by atoms with Crippen LogP contribution in [0, 0.1) is 0 Å². The van der Waals surface area contributed by atoms with E-state index in [2.05, 4.69) is 135 Å². The van der Waals surface area contributed by atoms with Gasteiger partial charge < -0.3 is 73.9 Å². The van der Waals surface area contributed by atoms with Gasteiger partial charge in [0, 0.05) is 121 Å². The molecule has 15 aromatic rings. The number of nitrogens with zero attached hydrogens (tertiary/aromatic N) is 11. The molecule has 3 aliphatic rings. The summed E-state index contributed by atoms with van der Waals surface area (Å²) in [5.41, 5.74) is 32.3. The topological polar surface area (TPSA) is 472 Å². The third kappa shape index (κ3) is 26.9. The maximum Gasteiger partial charge on any atom is 0.512 e. The standard InChI is InChI=1S/C23H22N6O2.C16H15BrN4O.C13H19BN2O3.C13H7BrClN3O.C12H10BrN3O.C7H6BrNO2.C5H6N2.C3H9N.4CH4/c1-13(2)26-23-28-20-15(19-11-17-18(27-19)8-10-25-21(17)30)6-3-7-16(20)22(31)29(23)14-5-4-9-24-12-14;1-10(2)19-16-20-14-12(6-3-7-13(14)17)15(22)21(16)11-5-4-8-18-9-11;1-12(2)13(3,4)19-14(18-12)10-7-8-9(16-10)5-6-15-11(8)17;14-10-5-1-4-9-11(10)17-13(15)18(12(9)19)8-3-2-6-16-7-8;13-10-5-1-4-9(11(10)14)12(17)16-8-3-2-6-15-7-8;8-5-3-1-2-4(6(5)9)7(10)11;6-5-2-1-3-7-4-5;1-3(2)4;;;;/h3-7,9,11-13,27H,8,10H2,1-2H3,(H,25,30)(H,26,28);3-10H,1-2H3,(H,19,20);7,16H,5-6H2,1-4H3,(H,15,17);1-7H;1-7H,14H2,(H,16,17);1-3H,9H2,(H,10,11);1-4H,6H2;3H,4H2,1-2H3;4*1H4. The first kappa shape index (κ1) is 108. The summed E-state index contributed by atoms with van der Waals surface area (Å²) in [4.78, 5) is 126. The number of hydrogen-bond acceptors (Lipinski definition) is 23. The number of nitrogens with one attached hydrogen (secondary N) is 7. The van der Waals surface area contributed by atoms with Gasteiger partial charge in [-0.05, 0) is 264 Å². The van der Waals surface area contributed by atoms with Crippen molar-refractivity contribution >= 4 is 179 Å². The Bertz CT molecular complexity index is 6720. The average molecular weight is 2100 g/mol. The number of nitrogens with two attached hydrogens (primary N) is 4. The summed E-state index contributed by atoms with van der Waals surface area (Å²) in [7, 11) is -0.441. The molecule has 134 heavy (non-hydrogen) atoms. The van der Waals surface area contributed by atoms with E-state index in [9.17, 15) is 33.6 Å². The number of aromatic amines is 2. The zero-order chi connectivity index (χ0) is 93.8. The number of rotatable bonds is 12. The lowest BCUT2D eigenvalue weighted by atomic mass is 9.85. The van der Waals surface area contributed by atoms with Crippen LogP contribution in [0.4, 0.5) is 34.6 Å². The van der Waals surface area contributed by atoms with Gasteiger partial charge in [-0.2, -0.15) is 0 Å². The third-order valence-corrected chi connectivity index (χ3v) is 22.6. The van der Waals surface area contributed by atoms with Crippen molar-refractivity contribution in [1.29, 1.82) is 0 Å². The number of H-pyrrole nitrogens is 2. The Morgan fingerprint density at radius 3 is 1.30 bits per heavy atom. The largest absolute Gasteiger partial charge is 0.512 e. The molecule has 1 fully saturated rings. The monoisotopic (exact) mass is 2090 g/mol. The van der Waals surface area contributed by atoms with E-state index in [1.807, 2.05) is 124 Å². The Hall–Kier alpha value is -13.1.